The van der Waals surface area contributed by atoms with E-state index in [-0.39, 0.29) is 0 Å². The molecular weight excluding hydrogens is 344 g/mol. The number of fused-ring (bicyclic) bond motifs is 1. The Morgan fingerprint density at radius 3 is 2.65 bits per heavy atom. The van der Waals surface area contributed by atoms with Crippen LogP contribution in [0.2, 0.25) is 0 Å². The molecule has 0 amide bonds. The molecule has 4 aromatic rings. The van der Waals surface area contributed by atoms with E-state index in [2.05, 4.69) is 55.8 Å². The van der Waals surface area contributed by atoms with Crippen molar-refractivity contribution in [1.29, 1.82) is 0 Å². The van der Waals surface area contributed by atoms with Gasteiger partial charge in [-0.25, -0.2) is 9.97 Å². The molecule has 4 rings (SSSR count). The predicted molar refractivity (Wildman–Crippen MR) is 105 cm³/mol. The van der Waals surface area contributed by atoms with Crippen LogP contribution in [0.15, 0.2) is 49.1 Å². The van der Waals surface area contributed by atoms with Crippen LogP contribution < -0.4 is 5.32 Å². The van der Waals surface area contributed by atoms with E-state index in [1.165, 1.54) is 10.4 Å². The lowest BCUT2D eigenvalue weighted by Crippen LogP contribution is -2.06. The van der Waals surface area contributed by atoms with Crippen molar-refractivity contribution in [3.8, 4) is 10.4 Å². The fourth-order valence-corrected chi connectivity index (χ4v) is 3.95. The van der Waals surface area contributed by atoms with Gasteiger partial charge in [-0.3, -0.25) is 0 Å². The molecule has 26 heavy (non-hydrogen) atoms. The van der Waals surface area contributed by atoms with Gasteiger partial charge in [-0.2, -0.15) is 0 Å². The highest BCUT2D eigenvalue weighted by Gasteiger charge is 2.11. The predicted octanol–water partition coefficient (Wildman–Crippen LogP) is 4.15. The summed E-state index contributed by atoms with van der Waals surface area (Å²) in [6.07, 6.45) is 5.62. The summed E-state index contributed by atoms with van der Waals surface area (Å²) in [6.45, 7) is 3.76. The van der Waals surface area contributed by atoms with Crippen LogP contribution in [-0.4, -0.2) is 31.3 Å². The van der Waals surface area contributed by atoms with Gasteiger partial charge in [0.1, 0.15) is 29.1 Å². The SMILES string of the molecule is Cc1nc(NCCCCn2cnnc2)c2cc(-c3ccccc3)sc2n1. The fourth-order valence-electron chi connectivity index (χ4n) is 2.87. The lowest BCUT2D eigenvalue weighted by Gasteiger charge is -2.07. The molecule has 6 nitrogen and oxygen atoms in total. The van der Waals surface area contributed by atoms with Crippen molar-refractivity contribution in [3.05, 3.63) is 54.9 Å². The van der Waals surface area contributed by atoms with Gasteiger partial charge in [-0.15, -0.1) is 21.5 Å². The number of rotatable bonds is 7. The lowest BCUT2D eigenvalue weighted by molar-refractivity contribution is 0.619. The maximum absolute atomic E-state index is 4.62. The number of unbranched alkanes of at least 4 members (excludes halogenated alkanes) is 1. The summed E-state index contributed by atoms with van der Waals surface area (Å²) in [5.74, 6) is 1.72. The molecule has 0 fully saturated rings. The number of aryl methyl sites for hydroxylation is 2. The van der Waals surface area contributed by atoms with E-state index in [0.29, 0.717) is 0 Å². The van der Waals surface area contributed by atoms with Crippen molar-refractivity contribution in [2.75, 3.05) is 11.9 Å². The quantitative estimate of drug-likeness (QED) is 0.499. The largest absolute Gasteiger partial charge is 0.369 e. The Bertz CT molecular complexity index is 978. The van der Waals surface area contributed by atoms with Crippen LogP contribution in [0.1, 0.15) is 18.7 Å². The minimum Gasteiger partial charge on any atom is -0.369 e. The van der Waals surface area contributed by atoms with E-state index in [9.17, 15) is 0 Å². The average molecular weight is 364 g/mol. The van der Waals surface area contributed by atoms with E-state index in [1.807, 2.05) is 17.6 Å². The van der Waals surface area contributed by atoms with Gasteiger partial charge >= 0.3 is 0 Å². The van der Waals surface area contributed by atoms with Crippen molar-refractivity contribution >= 4 is 27.4 Å². The van der Waals surface area contributed by atoms with Gasteiger partial charge in [-0.05, 0) is 31.4 Å². The van der Waals surface area contributed by atoms with E-state index in [4.69, 9.17) is 0 Å². The Kier molecular flexibility index (Phi) is 4.88. The number of benzene rings is 1. The van der Waals surface area contributed by atoms with Gasteiger partial charge < -0.3 is 9.88 Å². The molecule has 0 saturated carbocycles. The molecule has 1 aromatic carbocycles. The second kappa shape index (κ2) is 7.61. The lowest BCUT2D eigenvalue weighted by atomic mass is 10.2. The van der Waals surface area contributed by atoms with Crippen LogP contribution in [0.5, 0.6) is 0 Å². The van der Waals surface area contributed by atoms with E-state index < -0.39 is 0 Å². The molecule has 0 aliphatic carbocycles. The van der Waals surface area contributed by atoms with Crippen molar-refractivity contribution in [3.63, 3.8) is 0 Å². The highest BCUT2D eigenvalue weighted by Crippen LogP contribution is 2.35. The highest BCUT2D eigenvalue weighted by atomic mass is 32.1. The summed E-state index contributed by atoms with van der Waals surface area (Å²) in [5, 5.41) is 12.2. The zero-order valence-electron chi connectivity index (χ0n) is 14.6. The third-order valence-corrected chi connectivity index (χ3v) is 5.24. The third kappa shape index (κ3) is 3.72. The molecule has 7 heteroatoms. The van der Waals surface area contributed by atoms with E-state index in [0.717, 1.165) is 47.8 Å². The zero-order valence-corrected chi connectivity index (χ0v) is 15.4. The smallest absolute Gasteiger partial charge is 0.138 e. The topological polar surface area (TPSA) is 68.5 Å². The van der Waals surface area contributed by atoms with Crippen LogP contribution in [-0.2, 0) is 6.54 Å². The molecule has 0 spiro atoms. The zero-order chi connectivity index (χ0) is 17.8. The standard InChI is InChI=1S/C19H20N6S/c1-14-23-18(20-9-5-6-10-25-12-21-22-13-25)16-11-17(26-19(16)24-14)15-7-3-2-4-8-15/h2-4,7-8,11-13H,5-6,9-10H2,1H3,(H,20,23,24). The van der Waals surface area contributed by atoms with E-state index >= 15 is 0 Å². The summed E-state index contributed by atoms with van der Waals surface area (Å²) in [4.78, 5) is 11.5. The van der Waals surface area contributed by atoms with Crippen LogP contribution in [0.4, 0.5) is 5.82 Å². The molecule has 0 bridgehead atoms. The summed E-state index contributed by atoms with van der Waals surface area (Å²) in [7, 11) is 0. The van der Waals surface area contributed by atoms with Crippen molar-refractivity contribution in [2.45, 2.75) is 26.3 Å². The van der Waals surface area contributed by atoms with E-state index in [1.54, 1.807) is 24.0 Å². The molecule has 3 heterocycles. The molecule has 0 atom stereocenters. The second-order valence-electron chi connectivity index (χ2n) is 6.15. The summed E-state index contributed by atoms with van der Waals surface area (Å²) >= 11 is 1.71. The molecule has 3 aromatic heterocycles. The van der Waals surface area contributed by atoms with Crippen molar-refractivity contribution in [1.82, 2.24) is 24.7 Å². The van der Waals surface area contributed by atoms with Crippen LogP contribution in [0.3, 0.4) is 0 Å². The normalized spacial score (nSPS) is 11.1. The minimum absolute atomic E-state index is 0.797. The van der Waals surface area contributed by atoms with Crippen LogP contribution >= 0.6 is 11.3 Å². The maximum atomic E-state index is 4.62. The molecular formula is C19H20N6S. The Balaban J connectivity index is 1.46. The molecule has 1 N–H and O–H groups in total. The average Bonchev–Trinajstić information content (AvgIpc) is 3.31. The number of nitrogens with zero attached hydrogens (tertiary/aromatic N) is 5. The molecule has 0 unspecified atom stereocenters. The molecule has 0 aliphatic heterocycles. The monoisotopic (exact) mass is 364 g/mol. The highest BCUT2D eigenvalue weighted by molar-refractivity contribution is 7.21. The Hall–Kier alpha value is -2.80. The molecule has 0 radical (unpaired) electrons. The Morgan fingerprint density at radius 1 is 1.04 bits per heavy atom. The first kappa shape index (κ1) is 16.7. The molecule has 0 saturated heterocycles. The van der Waals surface area contributed by atoms with Gasteiger partial charge in [0.05, 0.1) is 5.39 Å². The summed E-state index contributed by atoms with van der Waals surface area (Å²) < 4.78 is 2.00. The van der Waals surface area contributed by atoms with Gasteiger partial charge in [0, 0.05) is 18.0 Å². The first-order valence-corrected chi connectivity index (χ1v) is 9.51. The fraction of sp³-hybridized carbons (Fsp3) is 0.263. The van der Waals surface area contributed by atoms with Crippen LogP contribution in [0.25, 0.3) is 20.7 Å². The number of thiophene rings is 1. The van der Waals surface area contributed by atoms with Gasteiger partial charge in [-0.1, -0.05) is 30.3 Å². The second-order valence-corrected chi connectivity index (χ2v) is 7.18. The Labute approximate surface area is 156 Å². The molecule has 0 aliphatic rings. The number of nitrogens with one attached hydrogen (secondary N) is 1. The van der Waals surface area contributed by atoms with Gasteiger partial charge in [0.15, 0.2) is 0 Å². The van der Waals surface area contributed by atoms with Crippen LogP contribution in [0, 0.1) is 6.92 Å². The van der Waals surface area contributed by atoms with Gasteiger partial charge in [0.2, 0.25) is 0 Å². The van der Waals surface area contributed by atoms with Crippen molar-refractivity contribution in [2.24, 2.45) is 0 Å². The number of hydrogen-bond acceptors (Lipinski definition) is 6. The first-order chi connectivity index (χ1) is 12.8. The number of hydrogen-bond donors (Lipinski definition) is 1. The Morgan fingerprint density at radius 2 is 1.85 bits per heavy atom. The third-order valence-electron chi connectivity index (χ3n) is 4.16. The minimum atomic E-state index is 0.797. The summed E-state index contributed by atoms with van der Waals surface area (Å²) in [5.41, 5.74) is 1.22. The number of aromatic nitrogens is 5. The first-order valence-electron chi connectivity index (χ1n) is 8.69. The number of anilines is 1. The summed E-state index contributed by atoms with van der Waals surface area (Å²) in [6, 6.07) is 12.6. The molecule has 132 valence electrons. The van der Waals surface area contributed by atoms with Gasteiger partial charge in [0.25, 0.3) is 0 Å². The van der Waals surface area contributed by atoms with Crippen molar-refractivity contribution < 1.29 is 0 Å². The maximum Gasteiger partial charge on any atom is 0.138 e.